The zero-order chi connectivity index (χ0) is 15.8. The lowest BCUT2D eigenvalue weighted by Gasteiger charge is -2.13. The van der Waals surface area contributed by atoms with Gasteiger partial charge in [-0.25, -0.2) is 4.98 Å². The number of para-hydroxylation sites is 1. The van der Waals surface area contributed by atoms with Crippen LogP contribution < -0.4 is 0 Å². The third-order valence-corrected chi connectivity index (χ3v) is 5.09. The third kappa shape index (κ3) is 2.55. The second-order valence-corrected chi connectivity index (χ2v) is 6.66. The van der Waals surface area contributed by atoms with Gasteiger partial charge in [0.25, 0.3) is 0 Å². The van der Waals surface area contributed by atoms with Crippen molar-refractivity contribution < 1.29 is 4.79 Å². The number of rotatable bonds is 3. The summed E-state index contributed by atoms with van der Waals surface area (Å²) in [5.41, 5.74) is 2.69. The van der Waals surface area contributed by atoms with Crippen LogP contribution in [0.4, 0.5) is 0 Å². The third-order valence-electron chi connectivity index (χ3n) is 4.27. The number of aryl methyl sites for hydroxylation is 1. The number of nitrogens with zero attached hydrogens (tertiary/aromatic N) is 5. The molecule has 4 rings (SSSR count). The van der Waals surface area contributed by atoms with Crippen LogP contribution in [0.15, 0.2) is 29.4 Å². The molecule has 0 bridgehead atoms. The fourth-order valence-corrected chi connectivity index (χ4v) is 3.72. The molecule has 1 amide bonds. The van der Waals surface area contributed by atoms with E-state index >= 15 is 0 Å². The summed E-state index contributed by atoms with van der Waals surface area (Å²) in [6.07, 6.45) is 2.22. The first-order valence-electron chi connectivity index (χ1n) is 7.72. The van der Waals surface area contributed by atoms with Crippen molar-refractivity contribution in [3.63, 3.8) is 0 Å². The van der Waals surface area contributed by atoms with E-state index in [0.29, 0.717) is 10.9 Å². The Morgan fingerprint density at radius 3 is 2.83 bits per heavy atom. The quantitative estimate of drug-likeness (QED) is 0.690. The molecular formula is C16H17N5OS. The Balaban J connectivity index is 1.60. The molecule has 3 aromatic rings. The van der Waals surface area contributed by atoms with E-state index in [1.165, 1.54) is 11.8 Å². The average Bonchev–Trinajstić information content (AvgIpc) is 3.21. The molecule has 1 saturated heterocycles. The van der Waals surface area contributed by atoms with Crippen molar-refractivity contribution in [1.82, 2.24) is 24.6 Å². The summed E-state index contributed by atoms with van der Waals surface area (Å²) >= 11 is 1.36. The second kappa shape index (κ2) is 5.81. The molecule has 0 atom stereocenters. The van der Waals surface area contributed by atoms with E-state index in [-0.39, 0.29) is 5.91 Å². The predicted molar refractivity (Wildman–Crippen MR) is 90.3 cm³/mol. The maximum absolute atomic E-state index is 12.1. The minimum atomic E-state index is 0.160. The van der Waals surface area contributed by atoms with E-state index in [1.807, 2.05) is 40.8 Å². The van der Waals surface area contributed by atoms with Crippen molar-refractivity contribution in [3.05, 3.63) is 24.3 Å². The Morgan fingerprint density at radius 2 is 2.00 bits per heavy atom. The van der Waals surface area contributed by atoms with Crippen LogP contribution in [0.2, 0.25) is 0 Å². The van der Waals surface area contributed by atoms with Gasteiger partial charge in [-0.15, -0.1) is 10.2 Å². The SMILES string of the molecule is Cn1c2ccccc2c2nnc(SCC(=O)N3CCCC3)nc21. The number of fused-ring (bicyclic) bond motifs is 3. The van der Waals surface area contributed by atoms with Crippen LogP contribution in [0, 0.1) is 0 Å². The smallest absolute Gasteiger partial charge is 0.233 e. The van der Waals surface area contributed by atoms with E-state index in [1.54, 1.807) is 0 Å². The van der Waals surface area contributed by atoms with Crippen LogP contribution in [0.25, 0.3) is 22.1 Å². The van der Waals surface area contributed by atoms with Gasteiger partial charge < -0.3 is 9.47 Å². The highest BCUT2D eigenvalue weighted by Crippen LogP contribution is 2.26. The molecule has 23 heavy (non-hydrogen) atoms. The maximum Gasteiger partial charge on any atom is 0.233 e. The summed E-state index contributed by atoms with van der Waals surface area (Å²) < 4.78 is 2.02. The van der Waals surface area contributed by atoms with Crippen molar-refractivity contribution in [2.24, 2.45) is 7.05 Å². The average molecular weight is 327 g/mol. The molecule has 0 radical (unpaired) electrons. The Hall–Kier alpha value is -2.15. The van der Waals surface area contributed by atoms with Crippen LogP contribution >= 0.6 is 11.8 Å². The largest absolute Gasteiger partial charge is 0.342 e. The molecule has 7 heteroatoms. The highest BCUT2D eigenvalue weighted by atomic mass is 32.2. The monoisotopic (exact) mass is 327 g/mol. The zero-order valence-electron chi connectivity index (χ0n) is 12.9. The summed E-state index contributed by atoms with van der Waals surface area (Å²) in [6.45, 7) is 1.75. The van der Waals surface area contributed by atoms with Gasteiger partial charge in [0, 0.05) is 25.5 Å². The molecule has 1 aromatic carbocycles. The van der Waals surface area contributed by atoms with Crippen LogP contribution in [0.1, 0.15) is 12.8 Å². The topological polar surface area (TPSA) is 63.9 Å². The molecule has 2 aromatic heterocycles. The molecule has 3 heterocycles. The summed E-state index contributed by atoms with van der Waals surface area (Å²) in [7, 11) is 1.98. The van der Waals surface area contributed by atoms with Gasteiger partial charge in [0.2, 0.25) is 11.1 Å². The predicted octanol–water partition coefficient (Wildman–Crippen LogP) is 2.23. The molecule has 0 aliphatic carbocycles. The molecule has 118 valence electrons. The fraction of sp³-hybridized carbons (Fsp3) is 0.375. The maximum atomic E-state index is 12.1. The van der Waals surface area contributed by atoms with E-state index < -0.39 is 0 Å². The number of thioether (sulfide) groups is 1. The lowest BCUT2D eigenvalue weighted by molar-refractivity contribution is -0.127. The van der Waals surface area contributed by atoms with Crippen LogP contribution in [0.5, 0.6) is 0 Å². The fourth-order valence-electron chi connectivity index (χ4n) is 3.04. The van der Waals surface area contributed by atoms with Gasteiger partial charge in [-0.1, -0.05) is 30.0 Å². The molecule has 1 fully saturated rings. The van der Waals surface area contributed by atoms with E-state index in [9.17, 15) is 4.79 Å². The van der Waals surface area contributed by atoms with Crippen LogP contribution in [0.3, 0.4) is 0 Å². The highest BCUT2D eigenvalue weighted by molar-refractivity contribution is 7.99. The van der Waals surface area contributed by atoms with Crippen LogP contribution in [-0.2, 0) is 11.8 Å². The summed E-state index contributed by atoms with van der Waals surface area (Å²) in [6, 6.07) is 8.06. The van der Waals surface area contributed by atoms with Gasteiger partial charge in [-0.2, -0.15) is 0 Å². The van der Waals surface area contributed by atoms with E-state index in [0.717, 1.165) is 48.0 Å². The van der Waals surface area contributed by atoms with Gasteiger partial charge in [-0.3, -0.25) is 4.79 Å². The van der Waals surface area contributed by atoms with Gasteiger partial charge in [0.15, 0.2) is 5.65 Å². The zero-order valence-corrected chi connectivity index (χ0v) is 13.7. The number of carbonyl (C=O) groups excluding carboxylic acids is 1. The van der Waals surface area contributed by atoms with E-state index in [2.05, 4.69) is 15.2 Å². The Labute approximate surface area is 137 Å². The summed E-state index contributed by atoms with van der Waals surface area (Å²) in [4.78, 5) is 18.6. The van der Waals surface area contributed by atoms with E-state index in [4.69, 9.17) is 0 Å². The van der Waals surface area contributed by atoms with Gasteiger partial charge >= 0.3 is 0 Å². The highest BCUT2D eigenvalue weighted by Gasteiger charge is 2.19. The minimum absolute atomic E-state index is 0.160. The number of amides is 1. The van der Waals surface area contributed by atoms with Crippen molar-refractivity contribution in [2.75, 3.05) is 18.8 Å². The molecule has 6 nitrogen and oxygen atoms in total. The number of likely N-dealkylation sites (tertiary alicyclic amines) is 1. The van der Waals surface area contributed by atoms with Crippen molar-refractivity contribution in [3.8, 4) is 0 Å². The summed E-state index contributed by atoms with van der Waals surface area (Å²) in [5.74, 6) is 0.533. The second-order valence-electron chi connectivity index (χ2n) is 5.72. The molecule has 1 aliphatic rings. The lowest BCUT2D eigenvalue weighted by Crippen LogP contribution is -2.29. The van der Waals surface area contributed by atoms with Crippen LogP contribution in [-0.4, -0.2) is 49.4 Å². The number of aromatic nitrogens is 4. The normalized spacial score (nSPS) is 14.9. The van der Waals surface area contributed by atoms with Gasteiger partial charge in [0.1, 0.15) is 5.52 Å². The van der Waals surface area contributed by atoms with Gasteiger partial charge in [-0.05, 0) is 18.9 Å². The molecule has 1 aliphatic heterocycles. The van der Waals surface area contributed by atoms with Gasteiger partial charge in [0.05, 0.1) is 11.3 Å². The summed E-state index contributed by atoms with van der Waals surface area (Å²) in [5, 5.41) is 10.1. The Kier molecular flexibility index (Phi) is 3.65. The van der Waals surface area contributed by atoms with Crippen molar-refractivity contribution >= 4 is 39.7 Å². The lowest BCUT2D eigenvalue weighted by atomic mass is 10.2. The first kappa shape index (κ1) is 14.4. The molecule has 0 N–H and O–H groups in total. The molecule has 0 saturated carbocycles. The standard InChI is InChI=1S/C16H17N5OS/c1-20-12-7-3-2-6-11(12)14-15(20)17-16(19-18-14)23-10-13(22)21-8-4-5-9-21/h2-3,6-7H,4-5,8-10H2,1H3. The van der Waals surface area contributed by atoms with Crippen molar-refractivity contribution in [1.29, 1.82) is 0 Å². The number of carbonyl (C=O) groups is 1. The molecule has 0 unspecified atom stereocenters. The number of benzene rings is 1. The number of hydrogen-bond acceptors (Lipinski definition) is 5. The molecular weight excluding hydrogens is 310 g/mol. The minimum Gasteiger partial charge on any atom is -0.342 e. The Bertz CT molecular complexity index is 885. The molecule has 0 spiro atoms. The first-order chi connectivity index (χ1) is 11.2. The van der Waals surface area contributed by atoms with Crippen molar-refractivity contribution in [2.45, 2.75) is 18.0 Å². The number of hydrogen-bond donors (Lipinski definition) is 0. The first-order valence-corrected chi connectivity index (χ1v) is 8.71. The Morgan fingerprint density at radius 1 is 1.22 bits per heavy atom.